The number of likely N-dealkylation sites (tertiary alicyclic amines) is 1. The summed E-state index contributed by atoms with van der Waals surface area (Å²) in [7, 11) is 2.16. The molecule has 0 atom stereocenters. The molecule has 2 fully saturated rings. The fourth-order valence-corrected chi connectivity index (χ4v) is 7.15. The molecule has 182 valence electrons. The molecule has 1 saturated heterocycles. The second-order valence-electron chi connectivity index (χ2n) is 9.91. The van der Waals surface area contributed by atoms with Gasteiger partial charge in [0.05, 0.1) is 22.2 Å². The molecule has 35 heavy (non-hydrogen) atoms. The van der Waals surface area contributed by atoms with E-state index in [0.717, 1.165) is 54.8 Å². The van der Waals surface area contributed by atoms with Crippen molar-refractivity contribution in [2.45, 2.75) is 51.0 Å². The van der Waals surface area contributed by atoms with Gasteiger partial charge in [-0.15, -0.1) is 11.3 Å². The Balaban J connectivity index is 1.26. The van der Waals surface area contributed by atoms with Crippen molar-refractivity contribution in [3.63, 3.8) is 0 Å². The Hall–Kier alpha value is -2.91. The Morgan fingerprint density at radius 3 is 2.63 bits per heavy atom. The van der Waals surface area contributed by atoms with Crippen molar-refractivity contribution in [3.05, 3.63) is 51.9 Å². The molecule has 6 rings (SSSR count). The van der Waals surface area contributed by atoms with Crippen molar-refractivity contribution >= 4 is 29.0 Å². The van der Waals surface area contributed by atoms with Crippen molar-refractivity contribution in [1.29, 1.82) is 0 Å². The number of carbonyl (C=O) groups is 1. The quantitative estimate of drug-likeness (QED) is 0.536. The Morgan fingerprint density at radius 1 is 1.20 bits per heavy atom. The number of thiophene rings is 1. The van der Waals surface area contributed by atoms with E-state index in [-0.39, 0.29) is 23.1 Å². The molecule has 1 amide bonds. The summed E-state index contributed by atoms with van der Waals surface area (Å²) in [4.78, 5) is 32.4. The lowest BCUT2D eigenvalue weighted by Gasteiger charge is -2.29. The summed E-state index contributed by atoms with van der Waals surface area (Å²) in [6.45, 7) is 6.81. The summed E-state index contributed by atoms with van der Waals surface area (Å²) in [5, 5.41) is 3.12. The number of piperidine rings is 1. The fourth-order valence-electron chi connectivity index (χ4n) is 5.60. The molecule has 1 aliphatic carbocycles. The van der Waals surface area contributed by atoms with E-state index in [2.05, 4.69) is 38.3 Å². The number of halogens is 1. The van der Waals surface area contributed by atoms with Gasteiger partial charge >= 0.3 is 0 Å². The number of pyridine rings is 1. The lowest BCUT2D eigenvalue weighted by atomic mass is 9.91. The standard InChI is InChI=1S/C26H29FN6OS/c1-4-33-24(34)20-15(2)22(35-23(20)26(33)9-10-26)21-18(27)14-29-25(31-21)30-19-6-5-17(13-28-19)16-7-11-32(3)12-8-16/h5-6,13-14,16H,4,7-12H2,1-3H3,(H,28,29,30,31). The minimum absolute atomic E-state index is 0.0571. The number of nitrogens with zero attached hydrogens (tertiary/aromatic N) is 5. The van der Waals surface area contributed by atoms with E-state index in [1.807, 2.05) is 31.0 Å². The highest BCUT2D eigenvalue weighted by Gasteiger charge is 2.59. The second-order valence-corrected chi connectivity index (χ2v) is 10.9. The Bertz CT molecular complexity index is 1290. The maximum absolute atomic E-state index is 14.9. The molecule has 0 bridgehead atoms. The highest BCUT2D eigenvalue weighted by molar-refractivity contribution is 7.16. The molecular weight excluding hydrogens is 463 g/mol. The second kappa shape index (κ2) is 8.34. The normalized spacial score (nSPS) is 19.4. The smallest absolute Gasteiger partial charge is 0.256 e. The van der Waals surface area contributed by atoms with Crippen molar-refractivity contribution in [2.24, 2.45) is 0 Å². The molecule has 0 aromatic carbocycles. The average Bonchev–Trinajstić information content (AvgIpc) is 3.52. The predicted octanol–water partition coefficient (Wildman–Crippen LogP) is 5.07. The molecule has 7 nitrogen and oxygen atoms in total. The molecular formula is C26H29FN6OS. The molecule has 2 aliphatic heterocycles. The fraction of sp³-hybridized carbons (Fsp3) is 0.462. The summed E-state index contributed by atoms with van der Waals surface area (Å²) >= 11 is 1.50. The minimum atomic E-state index is -0.492. The lowest BCUT2D eigenvalue weighted by molar-refractivity contribution is 0.0714. The largest absolute Gasteiger partial charge is 0.328 e. The molecule has 0 radical (unpaired) electrons. The predicted molar refractivity (Wildman–Crippen MR) is 135 cm³/mol. The molecule has 0 unspecified atom stereocenters. The van der Waals surface area contributed by atoms with Crippen molar-refractivity contribution in [1.82, 2.24) is 24.8 Å². The van der Waals surface area contributed by atoms with E-state index >= 15 is 0 Å². The van der Waals surface area contributed by atoms with E-state index in [4.69, 9.17) is 0 Å². The summed E-state index contributed by atoms with van der Waals surface area (Å²) in [5.74, 6) is 1.01. The minimum Gasteiger partial charge on any atom is -0.328 e. The van der Waals surface area contributed by atoms with Crippen LogP contribution in [-0.4, -0.2) is 57.3 Å². The van der Waals surface area contributed by atoms with Crippen LogP contribution in [0.2, 0.25) is 0 Å². The number of rotatable bonds is 5. The summed E-state index contributed by atoms with van der Waals surface area (Å²) in [6.07, 6.45) is 7.32. The number of hydrogen-bond donors (Lipinski definition) is 1. The molecule has 3 aliphatic rings. The van der Waals surface area contributed by atoms with Gasteiger partial charge in [0, 0.05) is 17.6 Å². The van der Waals surface area contributed by atoms with Crippen LogP contribution in [0.5, 0.6) is 0 Å². The van der Waals surface area contributed by atoms with Gasteiger partial charge in [0.25, 0.3) is 5.91 Å². The van der Waals surface area contributed by atoms with Gasteiger partial charge < -0.3 is 15.1 Å². The number of anilines is 2. The van der Waals surface area contributed by atoms with Crippen molar-refractivity contribution in [2.75, 3.05) is 32.0 Å². The molecule has 1 spiro atoms. The number of fused-ring (bicyclic) bond motifs is 2. The highest BCUT2D eigenvalue weighted by Crippen LogP contribution is 2.60. The van der Waals surface area contributed by atoms with Crippen LogP contribution in [0.1, 0.15) is 64.9 Å². The van der Waals surface area contributed by atoms with Crippen molar-refractivity contribution in [3.8, 4) is 10.6 Å². The molecule has 1 saturated carbocycles. The molecule has 9 heteroatoms. The third-order valence-corrected chi connectivity index (χ3v) is 9.25. The molecule has 1 N–H and O–H groups in total. The first-order valence-corrected chi connectivity index (χ1v) is 13.1. The zero-order chi connectivity index (χ0) is 24.3. The SMILES string of the molecule is CCN1C(=O)c2c(sc(-c3nc(Nc4ccc(C5CCN(C)CC5)cn4)ncc3F)c2C)C12CC2. The summed E-state index contributed by atoms with van der Waals surface area (Å²) < 4.78 is 14.9. The van der Waals surface area contributed by atoms with Crippen LogP contribution in [0.15, 0.2) is 24.5 Å². The van der Waals surface area contributed by atoms with Crippen LogP contribution in [0, 0.1) is 12.7 Å². The van der Waals surface area contributed by atoms with E-state index in [1.165, 1.54) is 23.1 Å². The van der Waals surface area contributed by atoms with E-state index in [9.17, 15) is 9.18 Å². The van der Waals surface area contributed by atoms with E-state index in [0.29, 0.717) is 23.2 Å². The third kappa shape index (κ3) is 3.63. The maximum Gasteiger partial charge on any atom is 0.256 e. The number of hydrogen-bond acceptors (Lipinski definition) is 7. The van der Waals surface area contributed by atoms with Crippen LogP contribution < -0.4 is 5.32 Å². The number of amides is 1. The Kier molecular flexibility index (Phi) is 5.37. The first-order chi connectivity index (χ1) is 16.9. The van der Waals surface area contributed by atoms with Gasteiger partial charge in [-0.25, -0.2) is 19.3 Å². The molecule has 3 aromatic heterocycles. The molecule has 5 heterocycles. The third-order valence-electron chi connectivity index (χ3n) is 7.76. The highest BCUT2D eigenvalue weighted by atomic mass is 32.1. The topological polar surface area (TPSA) is 74.2 Å². The molecule has 3 aromatic rings. The van der Waals surface area contributed by atoms with Gasteiger partial charge in [-0.3, -0.25) is 4.79 Å². The lowest BCUT2D eigenvalue weighted by Crippen LogP contribution is -2.33. The monoisotopic (exact) mass is 492 g/mol. The first kappa shape index (κ1) is 22.5. The zero-order valence-corrected chi connectivity index (χ0v) is 21.1. The van der Waals surface area contributed by atoms with Crippen LogP contribution in [-0.2, 0) is 5.54 Å². The van der Waals surface area contributed by atoms with Crippen LogP contribution in [0.25, 0.3) is 10.6 Å². The number of aromatic nitrogens is 3. The van der Waals surface area contributed by atoms with Crippen LogP contribution >= 0.6 is 11.3 Å². The van der Waals surface area contributed by atoms with Crippen LogP contribution in [0.4, 0.5) is 16.2 Å². The Labute approximate surface area is 208 Å². The van der Waals surface area contributed by atoms with E-state index < -0.39 is 5.82 Å². The first-order valence-electron chi connectivity index (χ1n) is 12.3. The van der Waals surface area contributed by atoms with E-state index in [1.54, 1.807) is 0 Å². The van der Waals surface area contributed by atoms with Gasteiger partial charge in [-0.2, -0.15) is 0 Å². The average molecular weight is 493 g/mol. The maximum atomic E-state index is 14.9. The van der Waals surface area contributed by atoms with Gasteiger partial charge in [-0.05, 0) is 82.8 Å². The summed E-state index contributed by atoms with van der Waals surface area (Å²) in [5.41, 5.74) is 2.84. The van der Waals surface area contributed by atoms with Gasteiger partial charge in [0.2, 0.25) is 5.95 Å². The van der Waals surface area contributed by atoms with Gasteiger partial charge in [0.1, 0.15) is 11.5 Å². The van der Waals surface area contributed by atoms with Gasteiger partial charge in [0.15, 0.2) is 5.82 Å². The number of carbonyl (C=O) groups excluding carboxylic acids is 1. The number of nitrogens with one attached hydrogen (secondary N) is 1. The summed E-state index contributed by atoms with van der Waals surface area (Å²) in [6, 6.07) is 4.03. The van der Waals surface area contributed by atoms with Crippen molar-refractivity contribution < 1.29 is 9.18 Å². The van der Waals surface area contributed by atoms with Gasteiger partial charge in [-0.1, -0.05) is 6.07 Å². The Morgan fingerprint density at radius 2 is 1.97 bits per heavy atom. The zero-order valence-electron chi connectivity index (χ0n) is 20.3. The van der Waals surface area contributed by atoms with Crippen LogP contribution in [0.3, 0.4) is 0 Å².